The SMILES string of the molecule is O=C(O)c1ccc(NC2CCN(Cc3ccccc3)CC2)nn1. The number of piperidine rings is 1. The summed E-state index contributed by atoms with van der Waals surface area (Å²) in [6, 6.07) is 14.0. The molecule has 2 aromatic rings. The quantitative estimate of drug-likeness (QED) is 0.881. The van der Waals surface area contributed by atoms with Gasteiger partial charge in [-0.05, 0) is 30.5 Å². The van der Waals surface area contributed by atoms with Crippen LogP contribution in [0.1, 0.15) is 28.9 Å². The van der Waals surface area contributed by atoms with Crippen molar-refractivity contribution in [3.8, 4) is 0 Å². The molecule has 1 saturated heterocycles. The lowest BCUT2D eigenvalue weighted by Crippen LogP contribution is -2.38. The van der Waals surface area contributed by atoms with E-state index in [1.165, 1.54) is 11.6 Å². The van der Waals surface area contributed by atoms with Crippen molar-refractivity contribution in [2.75, 3.05) is 18.4 Å². The molecule has 0 radical (unpaired) electrons. The smallest absolute Gasteiger partial charge is 0.356 e. The number of aromatic nitrogens is 2. The predicted molar refractivity (Wildman–Crippen MR) is 87.4 cm³/mol. The molecule has 0 spiro atoms. The van der Waals surface area contributed by atoms with Gasteiger partial charge in [0.05, 0.1) is 0 Å². The van der Waals surface area contributed by atoms with Gasteiger partial charge in [-0.3, -0.25) is 4.90 Å². The van der Waals surface area contributed by atoms with Crippen LogP contribution in [-0.4, -0.2) is 45.3 Å². The average Bonchev–Trinajstić information content (AvgIpc) is 2.58. The summed E-state index contributed by atoms with van der Waals surface area (Å²) in [7, 11) is 0. The fourth-order valence-electron chi connectivity index (χ4n) is 2.81. The molecule has 0 atom stereocenters. The van der Waals surface area contributed by atoms with Gasteiger partial charge in [0.15, 0.2) is 5.69 Å². The maximum absolute atomic E-state index is 10.8. The van der Waals surface area contributed by atoms with E-state index in [1.54, 1.807) is 6.07 Å². The van der Waals surface area contributed by atoms with Crippen molar-refractivity contribution in [3.63, 3.8) is 0 Å². The standard InChI is InChI=1S/C17H20N4O2/c22-17(23)15-6-7-16(20-19-15)18-14-8-10-21(11-9-14)12-13-4-2-1-3-5-13/h1-7,14H,8-12H2,(H,18,20)(H,22,23). The number of rotatable bonds is 5. The number of nitrogens with one attached hydrogen (secondary N) is 1. The second-order valence-electron chi connectivity index (χ2n) is 5.79. The molecule has 0 unspecified atom stereocenters. The van der Waals surface area contributed by atoms with Crippen LogP contribution < -0.4 is 5.32 Å². The van der Waals surface area contributed by atoms with E-state index in [0.29, 0.717) is 11.9 Å². The van der Waals surface area contributed by atoms with Crippen molar-refractivity contribution >= 4 is 11.8 Å². The topological polar surface area (TPSA) is 78.4 Å². The van der Waals surface area contributed by atoms with Crippen molar-refractivity contribution in [3.05, 3.63) is 53.7 Å². The number of hydrogen-bond donors (Lipinski definition) is 2. The summed E-state index contributed by atoms with van der Waals surface area (Å²) >= 11 is 0. The molecule has 1 aromatic carbocycles. The Kier molecular flexibility index (Phi) is 4.83. The van der Waals surface area contributed by atoms with Crippen LogP contribution >= 0.6 is 0 Å². The number of aromatic carboxylic acids is 1. The van der Waals surface area contributed by atoms with Crippen molar-refractivity contribution < 1.29 is 9.90 Å². The zero-order valence-electron chi connectivity index (χ0n) is 12.9. The molecule has 120 valence electrons. The summed E-state index contributed by atoms with van der Waals surface area (Å²) in [5.74, 6) is -0.422. The second kappa shape index (κ2) is 7.19. The molecule has 2 heterocycles. The molecule has 1 aliphatic heterocycles. The average molecular weight is 312 g/mol. The summed E-state index contributed by atoms with van der Waals surface area (Å²) in [5.41, 5.74) is 1.31. The molecule has 6 heteroatoms. The third-order valence-corrected chi connectivity index (χ3v) is 4.07. The van der Waals surface area contributed by atoms with Crippen LogP contribution in [0.5, 0.6) is 0 Å². The van der Waals surface area contributed by atoms with Crippen molar-refractivity contribution in [1.82, 2.24) is 15.1 Å². The maximum atomic E-state index is 10.8. The van der Waals surface area contributed by atoms with E-state index in [2.05, 4.69) is 44.7 Å². The predicted octanol–water partition coefficient (Wildman–Crippen LogP) is 2.25. The van der Waals surface area contributed by atoms with Crippen molar-refractivity contribution in [2.45, 2.75) is 25.4 Å². The number of likely N-dealkylation sites (tertiary alicyclic amines) is 1. The number of nitrogens with zero attached hydrogens (tertiary/aromatic N) is 3. The number of hydrogen-bond acceptors (Lipinski definition) is 5. The summed E-state index contributed by atoms with van der Waals surface area (Å²) in [6.07, 6.45) is 2.07. The number of carbonyl (C=O) groups is 1. The van der Waals surface area contributed by atoms with Gasteiger partial charge in [-0.2, -0.15) is 0 Å². The highest BCUT2D eigenvalue weighted by Gasteiger charge is 2.19. The Morgan fingerprint density at radius 1 is 1.13 bits per heavy atom. The van der Waals surface area contributed by atoms with E-state index < -0.39 is 5.97 Å². The van der Waals surface area contributed by atoms with E-state index in [4.69, 9.17) is 5.11 Å². The fourth-order valence-corrected chi connectivity index (χ4v) is 2.81. The highest BCUT2D eigenvalue weighted by Crippen LogP contribution is 2.17. The number of carboxylic acids is 1. The number of anilines is 1. The molecule has 1 fully saturated rings. The van der Waals surface area contributed by atoms with Crippen molar-refractivity contribution in [2.24, 2.45) is 0 Å². The molecule has 2 N–H and O–H groups in total. The molecule has 3 rings (SSSR count). The molecule has 0 amide bonds. The monoisotopic (exact) mass is 312 g/mol. The Balaban J connectivity index is 1.48. The van der Waals surface area contributed by atoms with Crippen LogP contribution in [0.25, 0.3) is 0 Å². The molecule has 0 aliphatic carbocycles. The van der Waals surface area contributed by atoms with E-state index >= 15 is 0 Å². The third kappa shape index (κ3) is 4.26. The number of benzene rings is 1. The minimum Gasteiger partial charge on any atom is -0.476 e. The third-order valence-electron chi connectivity index (χ3n) is 4.07. The molecule has 1 aromatic heterocycles. The maximum Gasteiger partial charge on any atom is 0.356 e. The van der Waals surface area contributed by atoms with Gasteiger partial charge in [0.2, 0.25) is 0 Å². The molecule has 1 aliphatic rings. The minimum atomic E-state index is -1.06. The van der Waals surface area contributed by atoms with Crippen LogP contribution in [0.2, 0.25) is 0 Å². The first-order valence-corrected chi connectivity index (χ1v) is 7.80. The van der Waals surface area contributed by atoms with E-state index in [0.717, 1.165) is 32.5 Å². The van der Waals surface area contributed by atoms with Crippen LogP contribution in [0.4, 0.5) is 5.82 Å². The lowest BCUT2D eigenvalue weighted by Gasteiger charge is -2.32. The van der Waals surface area contributed by atoms with Crippen LogP contribution in [0.15, 0.2) is 42.5 Å². The fraction of sp³-hybridized carbons (Fsp3) is 0.353. The highest BCUT2D eigenvalue weighted by atomic mass is 16.4. The Morgan fingerprint density at radius 3 is 2.48 bits per heavy atom. The molecular weight excluding hydrogens is 292 g/mol. The van der Waals surface area contributed by atoms with Gasteiger partial charge >= 0.3 is 5.97 Å². The van der Waals surface area contributed by atoms with Crippen LogP contribution in [0.3, 0.4) is 0 Å². The molecule has 0 saturated carbocycles. The normalized spacial score (nSPS) is 16.2. The lowest BCUT2D eigenvalue weighted by molar-refractivity contribution is 0.0689. The first-order valence-electron chi connectivity index (χ1n) is 7.80. The van der Waals surface area contributed by atoms with Crippen LogP contribution in [0, 0.1) is 0 Å². The lowest BCUT2D eigenvalue weighted by atomic mass is 10.0. The Hall–Kier alpha value is -2.47. The van der Waals surface area contributed by atoms with Gasteiger partial charge in [-0.25, -0.2) is 4.79 Å². The first kappa shape index (κ1) is 15.4. The van der Waals surface area contributed by atoms with E-state index in [1.807, 2.05) is 6.07 Å². The summed E-state index contributed by atoms with van der Waals surface area (Å²) in [4.78, 5) is 13.2. The molecule has 0 bridgehead atoms. The van der Waals surface area contributed by atoms with Gasteiger partial charge < -0.3 is 10.4 Å². The van der Waals surface area contributed by atoms with E-state index in [-0.39, 0.29) is 5.69 Å². The number of carboxylic acid groups (broad SMARTS) is 1. The molecule has 6 nitrogen and oxygen atoms in total. The Labute approximate surface area is 135 Å². The van der Waals surface area contributed by atoms with Gasteiger partial charge in [-0.1, -0.05) is 30.3 Å². The summed E-state index contributed by atoms with van der Waals surface area (Å²) < 4.78 is 0. The van der Waals surface area contributed by atoms with E-state index in [9.17, 15) is 4.79 Å². The Bertz CT molecular complexity index is 637. The summed E-state index contributed by atoms with van der Waals surface area (Å²) in [5, 5.41) is 19.8. The van der Waals surface area contributed by atoms with Gasteiger partial charge in [0, 0.05) is 25.7 Å². The van der Waals surface area contributed by atoms with Gasteiger partial charge in [-0.15, -0.1) is 10.2 Å². The van der Waals surface area contributed by atoms with Crippen molar-refractivity contribution in [1.29, 1.82) is 0 Å². The summed E-state index contributed by atoms with van der Waals surface area (Å²) in [6.45, 7) is 3.06. The first-order chi connectivity index (χ1) is 11.2. The molecular formula is C17H20N4O2. The van der Waals surface area contributed by atoms with Gasteiger partial charge in [0.1, 0.15) is 5.82 Å². The largest absolute Gasteiger partial charge is 0.476 e. The van der Waals surface area contributed by atoms with Gasteiger partial charge in [0.25, 0.3) is 0 Å². The zero-order chi connectivity index (χ0) is 16.1. The second-order valence-corrected chi connectivity index (χ2v) is 5.79. The Morgan fingerprint density at radius 2 is 1.87 bits per heavy atom. The highest BCUT2D eigenvalue weighted by molar-refractivity contribution is 5.85. The minimum absolute atomic E-state index is 0.0340. The van der Waals surface area contributed by atoms with Crippen LogP contribution in [-0.2, 0) is 6.54 Å². The molecule has 23 heavy (non-hydrogen) atoms. The zero-order valence-corrected chi connectivity index (χ0v) is 12.9.